The number of cyclic esters (lactones) is 1. The molecule has 0 saturated carbocycles. The minimum absolute atomic E-state index is 0.0631. The normalized spacial score (nSPS) is 27.9. The summed E-state index contributed by atoms with van der Waals surface area (Å²) in [5.41, 5.74) is 2.96. The zero-order valence-corrected chi connectivity index (χ0v) is 36.4. The number of halogens is 1. The van der Waals surface area contributed by atoms with Gasteiger partial charge in [-0.2, -0.15) is 0 Å². The van der Waals surface area contributed by atoms with Crippen LogP contribution in [-0.2, 0) is 44.7 Å². The molecule has 8 atom stereocenters. The van der Waals surface area contributed by atoms with Crippen LogP contribution in [0.4, 0.5) is 4.39 Å². The van der Waals surface area contributed by atoms with Crippen molar-refractivity contribution < 1.29 is 58.0 Å². The number of carbonyl (C=O) groups is 6. The number of rotatable bonds is 9. The Labute approximate surface area is 357 Å². The van der Waals surface area contributed by atoms with E-state index in [2.05, 4.69) is 16.1 Å². The Morgan fingerprint density at radius 2 is 1.75 bits per heavy atom. The Kier molecular flexibility index (Phi) is 19.0. The molecular weight excluding hydrogens is 792 g/mol. The van der Waals surface area contributed by atoms with Crippen LogP contribution in [0.3, 0.4) is 0 Å². The van der Waals surface area contributed by atoms with Crippen molar-refractivity contribution in [3.63, 3.8) is 0 Å². The van der Waals surface area contributed by atoms with Crippen molar-refractivity contribution in [1.82, 2.24) is 21.1 Å². The van der Waals surface area contributed by atoms with E-state index >= 15 is 0 Å². The number of benzene rings is 1. The first kappa shape index (κ1) is 50.2. The Morgan fingerprint density at radius 1 is 1.05 bits per heavy atom. The van der Waals surface area contributed by atoms with Gasteiger partial charge < -0.3 is 40.2 Å². The number of phenolic OH excluding ortho intramolecular Hbond substituents is 1. The van der Waals surface area contributed by atoms with Crippen LogP contribution in [0.25, 0.3) is 0 Å². The number of aromatic hydroxyl groups is 1. The summed E-state index contributed by atoms with van der Waals surface area (Å²) in [7, 11) is 0. The minimum Gasteiger partial charge on any atom is -0.508 e. The third kappa shape index (κ3) is 16.3. The molecule has 1 fully saturated rings. The van der Waals surface area contributed by atoms with Crippen LogP contribution in [0.1, 0.15) is 93.1 Å². The molecule has 1 aromatic rings. The molecule has 0 aliphatic carbocycles. The number of phenols is 1. The van der Waals surface area contributed by atoms with E-state index in [0.717, 1.165) is 12.1 Å². The molecule has 336 valence electrons. The minimum atomic E-state index is -1.46. The predicted molar refractivity (Wildman–Crippen MR) is 224 cm³/mol. The van der Waals surface area contributed by atoms with Gasteiger partial charge in [0.25, 0.3) is 5.91 Å². The lowest BCUT2D eigenvalue weighted by Crippen LogP contribution is -2.62. The molecule has 2 unspecified atom stereocenters. The zero-order valence-electron chi connectivity index (χ0n) is 36.4. The van der Waals surface area contributed by atoms with E-state index in [1.807, 2.05) is 0 Å². The monoisotopic (exact) mass is 854 g/mol. The summed E-state index contributed by atoms with van der Waals surface area (Å²) >= 11 is 0. The molecule has 2 bridgehead atoms. The first-order valence-corrected chi connectivity index (χ1v) is 20.7. The Morgan fingerprint density at radius 3 is 2.39 bits per heavy atom. The van der Waals surface area contributed by atoms with Gasteiger partial charge in [-0.05, 0) is 83.1 Å². The second-order valence-electron chi connectivity index (χ2n) is 17.1. The number of hydrogen-bond acceptors (Lipinski definition) is 12. The number of esters is 2. The fourth-order valence-electron chi connectivity index (χ4n) is 6.84. The SMILES string of the molecule is CC(=O)CC[C@H]1C(=O)NC(C(C)C)C(=O)N[C@@H](Cc2cc(O)cc(F)c2)C(=O)N2CCCC(N2)C(=O)O[C@H](/C(C)=C/C=C/C(=O)OC(C)(C)C)C/C=C/C=C/[C@H](O)[C@H](C)[C@H]1O. The quantitative estimate of drug-likeness (QED) is 0.119. The fraction of sp³-hybridized carbons (Fsp3) is 0.556. The number of nitrogens with one attached hydrogen (secondary N) is 3. The number of ketones is 1. The van der Waals surface area contributed by atoms with Crippen molar-refractivity contribution in [2.75, 3.05) is 6.54 Å². The second kappa shape index (κ2) is 23.1. The maximum Gasteiger partial charge on any atom is 0.331 e. The number of nitrogens with zero attached hydrogens (tertiary/aromatic N) is 1. The third-order valence-electron chi connectivity index (χ3n) is 10.3. The van der Waals surface area contributed by atoms with Crippen LogP contribution in [-0.4, -0.2) is 104 Å². The second-order valence-corrected chi connectivity index (χ2v) is 17.1. The van der Waals surface area contributed by atoms with Crippen LogP contribution in [0.15, 0.2) is 66.3 Å². The first-order valence-electron chi connectivity index (χ1n) is 20.7. The zero-order chi connectivity index (χ0) is 45.6. The Bertz CT molecular complexity index is 1830. The van der Waals surface area contributed by atoms with Crippen molar-refractivity contribution in [2.45, 2.75) is 136 Å². The predicted octanol–water partition coefficient (Wildman–Crippen LogP) is 3.81. The van der Waals surface area contributed by atoms with Gasteiger partial charge in [-0.15, -0.1) is 0 Å². The highest BCUT2D eigenvalue weighted by Gasteiger charge is 2.38. The molecule has 1 aromatic carbocycles. The lowest BCUT2D eigenvalue weighted by Gasteiger charge is -2.36. The Hall–Kier alpha value is -5.19. The summed E-state index contributed by atoms with van der Waals surface area (Å²) < 4.78 is 25.7. The highest BCUT2D eigenvalue weighted by atomic mass is 19.1. The van der Waals surface area contributed by atoms with Crippen molar-refractivity contribution in [1.29, 1.82) is 0 Å². The largest absolute Gasteiger partial charge is 0.508 e. The molecule has 0 aromatic heterocycles. The van der Waals surface area contributed by atoms with Gasteiger partial charge in [-0.1, -0.05) is 57.2 Å². The number of amides is 3. The number of allylic oxidation sites excluding steroid dienone is 4. The average Bonchev–Trinajstić information content (AvgIpc) is 3.16. The molecule has 16 heteroatoms. The number of Topliss-reactive ketones (excluding diaryl/α,β-unsaturated/α-hetero) is 1. The van der Waals surface area contributed by atoms with Gasteiger partial charge in [0.05, 0.1) is 18.1 Å². The number of aliphatic hydroxyl groups is 2. The maximum absolute atomic E-state index is 14.4. The van der Waals surface area contributed by atoms with Crippen molar-refractivity contribution in [2.24, 2.45) is 17.8 Å². The van der Waals surface area contributed by atoms with Gasteiger partial charge in [0, 0.05) is 43.9 Å². The molecular formula is C45H63FN4O11. The van der Waals surface area contributed by atoms with Crippen LogP contribution in [0.2, 0.25) is 0 Å². The molecule has 3 amide bonds. The van der Waals surface area contributed by atoms with Gasteiger partial charge in [-0.25, -0.2) is 14.6 Å². The summed E-state index contributed by atoms with van der Waals surface area (Å²) in [4.78, 5) is 80.4. The molecule has 2 aliphatic rings. The molecule has 61 heavy (non-hydrogen) atoms. The van der Waals surface area contributed by atoms with E-state index in [1.54, 1.807) is 59.8 Å². The third-order valence-corrected chi connectivity index (χ3v) is 10.3. The summed E-state index contributed by atoms with van der Waals surface area (Å²) in [5.74, 6) is -7.60. The van der Waals surface area contributed by atoms with Crippen molar-refractivity contribution in [3.05, 3.63) is 77.7 Å². The molecule has 2 heterocycles. The molecule has 6 N–H and O–H groups in total. The van der Waals surface area contributed by atoms with Crippen LogP contribution in [0, 0.1) is 23.6 Å². The highest BCUT2D eigenvalue weighted by molar-refractivity contribution is 5.93. The smallest absolute Gasteiger partial charge is 0.331 e. The number of carbonyl (C=O) groups excluding carboxylic acids is 6. The topological polar surface area (TPSA) is 221 Å². The van der Waals surface area contributed by atoms with E-state index in [-0.39, 0.29) is 50.0 Å². The average molecular weight is 855 g/mol. The molecule has 0 radical (unpaired) electrons. The summed E-state index contributed by atoms with van der Waals surface area (Å²) in [6.07, 6.45) is 7.39. The molecule has 15 nitrogen and oxygen atoms in total. The Balaban J connectivity index is 2.09. The number of hydrazine groups is 1. The van der Waals surface area contributed by atoms with E-state index < -0.39 is 101 Å². The van der Waals surface area contributed by atoms with E-state index in [1.165, 1.54) is 49.2 Å². The molecule has 1 saturated heterocycles. The van der Waals surface area contributed by atoms with Gasteiger partial charge in [0.2, 0.25) is 11.8 Å². The number of ether oxygens (including phenoxy) is 2. The van der Waals surface area contributed by atoms with E-state index in [4.69, 9.17) is 9.47 Å². The highest BCUT2D eigenvalue weighted by Crippen LogP contribution is 2.24. The van der Waals surface area contributed by atoms with Gasteiger partial charge in [0.1, 0.15) is 47.2 Å². The lowest BCUT2D eigenvalue weighted by atomic mass is 9.84. The van der Waals surface area contributed by atoms with Crippen molar-refractivity contribution in [3.8, 4) is 5.75 Å². The number of fused-ring (bicyclic) bond motifs is 2. The van der Waals surface area contributed by atoms with Gasteiger partial charge in [0.15, 0.2) is 0 Å². The summed E-state index contributed by atoms with van der Waals surface area (Å²) in [5, 5.41) is 39.2. The molecule has 2 aliphatic heterocycles. The standard InChI is InChI=1S/C45H63FN4O11/c1-26(2)39-42(57)47-35(24-30-22-31(46)25-32(52)23-30)43(58)50-21-13-15-34(49-50)44(59)60-37(27(3)14-12-18-38(54)61-45(6,7)8)17-11-9-10-16-36(53)29(5)40(55)33(41(56)48-39)20-19-28(4)51/h9-12,14,16,18,22-23,25-26,29,33-37,39-40,49,52-53,55H,13,15,17,19-21,24H2,1-8H3,(H,47,57)(H,48,56)/b11-9+,16-10+,18-12+,27-14+/t29-,33+,34?,35-,36-,37-,39?,40+/m0/s1. The van der Waals surface area contributed by atoms with Crippen LogP contribution < -0.4 is 16.1 Å². The maximum atomic E-state index is 14.4. The van der Waals surface area contributed by atoms with Crippen LogP contribution >= 0.6 is 0 Å². The van der Waals surface area contributed by atoms with E-state index in [0.29, 0.717) is 12.0 Å². The first-order chi connectivity index (χ1) is 28.6. The van der Waals surface area contributed by atoms with E-state index in [9.17, 15) is 48.5 Å². The summed E-state index contributed by atoms with van der Waals surface area (Å²) in [6, 6.07) is -0.422. The summed E-state index contributed by atoms with van der Waals surface area (Å²) in [6.45, 7) is 13.3. The number of hydrogen-bond donors (Lipinski definition) is 6. The molecule has 3 rings (SSSR count). The van der Waals surface area contributed by atoms with Crippen molar-refractivity contribution >= 4 is 35.4 Å². The number of aliphatic hydroxyl groups excluding tert-OH is 2. The lowest BCUT2D eigenvalue weighted by molar-refractivity contribution is -0.156. The fourth-order valence-corrected chi connectivity index (χ4v) is 6.84. The van der Waals surface area contributed by atoms with Gasteiger partial charge >= 0.3 is 11.9 Å². The van der Waals surface area contributed by atoms with Gasteiger partial charge in [-0.3, -0.25) is 24.2 Å². The van der Waals surface area contributed by atoms with Crippen LogP contribution in [0.5, 0.6) is 5.75 Å². The molecule has 0 spiro atoms.